The van der Waals surface area contributed by atoms with Crippen LogP contribution in [0.3, 0.4) is 0 Å². The van der Waals surface area contributed by atoms with Crippen LogP contribution >= 0.6 is 0 Å². The number of pyridine rings is 1. The van der Waals surface area contributed by atoms with Gasteiger partial charge in [0.15, 0.2) is 0 Å². The highest BCUT2D eigenvalue weighted by Gasteiger charge is 2.35. The van der Waals surface area contributed by atoms with Crippen molar-refractivity contribution in [2.24, 2.45) is 0 Å². The van der Waals surface area contributed by atoms with Crippen LogP contribution < -0.4 is 10.1 Å². The van der Waals surface area contributed by atoms with Gasteiger partial charge in [-0.2, -0.15) is 5.10 Å². The molecule has 2 aromatic carbocycles. The molecule has 4 aromatic rings. The Morgan fingerprint density at radius 1 is 1.07 bits per heavy atom. The monoisotopic (exact) mass is 575 g/mol. The van der Waals surface area contributed by atoms with Gasteiger partial charge >= 0.3 is 6.09 Å². The van der Waals surface area contributed by atoms with Gasteiger partial charge in [0.2, 0.25) is 0 Å². The number of hydrogen-bond acceptors (Lipinski definition) is 6. The second-order valence-electron chi connectivity index (χ2n) is 11.1. The van der Waals surface area contributed by atoms with E-state index in [0.717, 1.165) is 11.6 Å². The maximum atomic E-state index is 13.5. The van der Waals surface area contributed by atoms with E-state index >= 15 is 0 Å². The standard InChI is InChI=1S/C31H31F2N5O4/c1-19-26(29(39)35-14-20-10-22(32)12-23(33)11-20)6-5-7-28(19)41-25-8-9-34-27(13-25)21-15-36-38(16-21)24-17-37(18-24)30(40)42-31(2,3)4/h5-13,15-16,24H,14,17-18H2,1-4H3,(H,35,39). The summed E-state index contributed by atoms with van der Waals surface area (Å²) in [7, 11) is 0. The summed E-state index contributed by atoms with van der Waals surface area (Å²) in [5.41, 5.74) is 2.19. The first-order valence-electron chi connectivity index (χ1n) is 13.4. The molecule has 1 fully saturated rings. The summed E-state index contributed by atoms with van der Waals surface area (Å²) in [6.45, 7) is 8.26. The lowest BCUT2D eigenvalue weighted by Crippen LogP contribution is -2.52. The molecular weight excluding hydrogens is 544 g/mol. The number of likely N-dealkylation sites (tertiary alicyclic amines) is 1. The van der Waals surface area contributed by atoms with Crippen molar-refractivity contribution in [3.63, 3.8) is 0 Å². The van der Waals surface area contributed by atoms with Crippen molar-refractivity contribution in [3.05, 3.63) is 95.4 Å². The third kappa shape index (κ3) is 6.73. The SMILES string of the molecule is Cc1c(Oc2ccnc(-c3cnn(C4CN(C(=O)OC(C)(C)C)C4)c3)c2)cccc1C(=O)NCc1cc(F)cc(F)c1. The number of nitrogens with one attached hydrogen (secondary N) is 1. The van der Waals surface area contributed by atoms with E-state index in [1.165, 1.54) is 12.1 Å². The van der Waals surface area contributed by atoms with Gasteiger partial charge in [-0.1, -0.05) is 6.07 Å². The highest BCUT2D eigenvalue weighted by Crippen LogP contribution is 2.30. The van der Waals surface area contributed by atoms with Crippen LogP contribution in [-0.4, -0.2) is 50.4 Å². The van der Waals surface area contributed by atoms with Crippen molar-refractivity contribution >= 4 is 12.0 Å². The Balaban J connectivity index is 1.23. The van der Waals surface area contributed by atoms with Gasteiger partial charge in [-0.15, -0.1) is 0 Å². The van der Waals surface area contributed by atoms with E-state index in [2.05, 4.69) is 15.4 Å². The summed E-state index contributed by atoms with van der Waals surface area (Å²) >= 11 is 0. The van der Waals surface area contributed by atoms with Gasteiger partial charge in [0, 0.05) is 60.9 Å². The first-order chi connectivity index (χ1) is 19.9. The molecule has 0 saturated carbocycles. The number of carbonyl (C=O) groups excluding carboxylic acids is 2. The van der Waals surface area contributed by atoms with Gasteiger partial charge in [0.05, 0.1) is 17.9 Å². The van der Waals surface area contributed by atoms with Crippen molar-refractivity contribution in [3.8, 4) is 22.8 Å². The normalized spacial score (nSPS) is 13.4. The lowest BCUT2D eigenvalue weighted by atomic mass is 10.1. The number of halogens is 2. The molecule has 218 valence electrons. The molecule has 0 spiro atoms. The largest absolute Gasteiger partial charge is 0.457 e. The van der Waals surface area contributed by atoms with Crippen molar-refractivity contribution in [2.75, 3.05) is 13.1 Å². The molecule has 0 radical (unpaired) electrons. The Kier molecular flexibility index (Phi) is 7.93. The van der Waals surface area contributed by atoms with Crippen molar-refractivity contribution in [1.29, 1.82) is 0 Å². The van der Waals surface area contributed by atoms with E-state index in [9.17, 15) is 18.4 Å². The molecule has 0 aliphatic carbocycles. The molecule has 1 N–H and O–H groups in total. The number of hydrogen-bond donors (Lipinski definition) is 1. The lowest BCUT2D eigenvalue weighted by molar-refractivity contribution is -0.000392. The Hall–Kier alpha value is -4.80. The fraction of sp³-hybridized carbons (Fsp3) is 0.290. The Bertz CT molecular complexity index is 1610. The molecule has 2 amide bonds. The highest BCUT2D eigenvalue weighted by molar-refractivity contribution is 5.96. The summed E-state index contributed by atoms with van der Waals surface area (Å²) in [6, 6.07) is 11.8. The van der Waals surface area contributed by atoms with Crippen LogP contribution in [-0.2, 0) is 11.3 Å². The number of rotatable bonds is 7. The molecule has 0 atom stereocenters. The molecule has 0 unspecified atom stereocenters. The zero-order valence-corrected chi connectivity index (χ0v) is 23.7. The van der Waals surface area contributed by atoms with Crippen molar-refractivity contribution in [1.82, 2.24) is 25.0 Å². The van der Waals surface area contributed by atoms with Crippen molar-refractivity contribution < 1.29 is 27.8 Å². The van der Waals surface area contributed by atoms with Gasteiger partial charge in [-0.25, -0.2) is 13.6 Å². The Labute approximate surface area is 242 Å². The molecule has 1 aliphatic rings. The minimum Gasteiger partial charge on any atom is -0.457 e. The van der Waals surface area contributed by atoms with E-state index in [-0.39, 0.29) is 18.7 Å². The zero-order chi connectivity index (χ0) is 30.0. The van der Waals surface area contributed by atoms with Crippen LogP contribution in [0, 0.1) is 18.6 Å². The number of ether oxygens (including phenoxy) is 2. The summed E-state index contributed by atoms with van der Waals surface area (Å²) < 4.78 is 40.3. The maximum absolute atomic E-state index is 13.5. The van der Waals surface area contributed by atoms with E-state index < -0.39 is 23.1 Å². The van der Waals surface area contributed by atoms with Gasteiger partial charge in [0.25, 0.3) is 5.91 Å². The van der Waals surface area contributed by atoms with E-state index in [0.29, 0.717) is 47.0 Å². The molecule has 1 saturated heterocycles. The van der Waals surface area contributed by atoms with E-state index in [4.69, 9.17) is 9.47 Å². The van der Waals surface area contributed by atoms with Crippen LogP contribution in [0.2, 0.25) is 0 Å². The molecule has 11 heteroatoms. The van der Waals surface area contributed by atoms with Gasteiger partial charge in [-0.3, -0.25) is 14.5 Å². The minimum atomic E-state index is -0.706. The molecule has 5 rings (SSSR count). The number of nitrogens with zero attached hydrogens (tertiary/aromatic N) is 4. The van der Waals surface area contributed by atoms with Gasteiger partial charge < -0.3 is 19.7 Å². The number of amides is 2. The summed E-state index contributed by atoms with van der Waals surface area (Å²) in [5, 5.41) is 7.16. The maximum Gasteiger partial charge on any atom is 0.410 e. The van der Waals surface area contributed by atoms with Gasteiger partial charge in [0.1, 0.15) is 28.7 Å². The van der Waals surface area contributed by atoms with Crippen LogP contribution in [0.25, 0.3) is 11.3 Å². The van der Waals surface area contributed by atoms with Crippen LogP contribution in [0.1, 0.15) is 48.3 Å². The lowest BCUT2D eigenvalue weighted by Gasteiger charge is -2.39. The fourth-order valence-electron chi connectivity index (χ4n) is 4.49. The zero-order valence-electron chi connectivity index (χ0n) is 23.7. The number of carbonyl (C=O) groups is 2. The summed E-state index contributed by atoms with van der Waals surface area (Å²) in [4.78, 5) is 31.2. The third-order valence-corrected chi connectivity index (χ3v) is 6.65. The Morgan fingerprint density at radius 3 is 2.52 bits per heavy atom. The minimum absolute atomic E-state index is 0.0284. The van der Waals surface area contributed by atoms with Crippen LogP contribution in [0.5, 0.6) is 11.5 Å². The second-order valence-corrected chi connectivity index (χ2v) is 11.1. The average Bonchev–Trinajstić information content (AvgIpc) is 3.36. The number of aromatic nitrogens is 3. The highest BCUT2D eigenvalue weighted by atomic mass is 19.1. The third-order valence-electron chi connectivity index (χ3n) is 6.65. The first kappa shape index (κ1) is 28.7. The molecule has 2 aromatic heterocycles. The molecule has 0 bridgehead atoms. The summed E-state index contributed by atoms with van der Waals surface area (Å²) in [6.07, 6.45) is 4.88. The topological polar surface area (TPSA) is 98.6 Å². The predicted molar refractivity (Wildman–Crippen MR) is 151 cm³/mol. The number of benzene rings is 2. The average molecular weight is 576 g/mol. The molecule has 3 heterocycles. The molecule has 42 heavy (non-hydrogen) atoms. The first-order valence-corrected chi connectivity index (χ1v) is 13.4. The van der Waals surface area contributed by atoms with E-state index in [1.807, 2.05) is 31.6 Å². The van der Waals surface area contributed by atoms with E-state index in [1.54, 1.807) is 54.5 Å². The fourth-order valence-corrected chi connectivity index (χ4v) is 4.49. The summed E-state index contributed by atoms with van der Waals surface area (Å²) in [5.74, 6) is -0.815. The van der Waals surface area contributed by atoms with Crippen molar-refractivity contribution in [2.45, 2.75) is 45.9 Å². The van der Waals surface area contributed by atoms with Gasteiger partial charge in [-0.05, 0) is 63.6 Å². The second kappa shape index (κ2) is 11.6. The quantitative estimate of drug-likeness (QED) is 0.288. The molecular formula is C31H31F2N5O4. The predicted octanol–water partition coefficient (Wildman–Crippen LogP) is 6.05. The smallest absolute Gasteiger partial charge is 0.410 e. The molecule has 9 nitrogen and oxygen atoms in total. The molecule has 1 aliphatic heterocycles. The van der Waals surface area contributed by atoms with Crippen LogP contribution in [0.4, 0.5) is 13.6 Å². The Morgan fingerprint density at radius 2 is 1.81 bits per heavy atom. The van der Waals surface area contributed by atoms with Crippen LogP contribution in [0.15, 0.2) is 67.1 Å².